The van der Waals surface area contributed by atoms with Crippen LogP contribution in [-0.4, -0.2) is 46.5 Å². The molecule has 0 aromatic heterocycles. The Bertz CT molecular complexity index is 914. The normalized spacial score (nSPS) is 14.8. The van der Waals surface area contributed by atoms with Crippen LogP contribution in [0.25, 0.3) is 0 Å². The SMILES string of the molecule is C#Cc1ccccc1C(C(=O)NC(C)C)N(C(=O)C(NC(=O)OC(C)(C)C)C(C)CC)C(C)CC. The minimum absolute atomic E-state index is 0.137. The fourth-order valence-corrected chi connectivity index (χ4v) is 3.72. The highest BCUT2D eigenvalue weighted by Gasteiger charge is 2.40. The van der Waals surface area contributed by atoms with E-state index in [1.807, 2.05) is 41.5 Å². The Kier molecular flexibility index (Phi) is 11.3. The van der Waals surface area contributed by atoms with Gasteiger partial charge >= 0.3 is 6.09 Å². The monoisotopic (exact) mass is 485 g/mol. The second-order valence-electron chi connectivity index (χ2n) is 10.3. The average molecular weight is 486 g/mol. The van der Waals surface area contributed by atoms with E-state index in [1.54, 1.807) is 49.9 Å². The van der Waals surface area contributed by atoms with E-state index in [1.165, 1.54) is 0 Å². The lowest BCUT2D eigenvalue weighted by atomic mass is 9.92. The van der Waals surface area contributed by atoms with Gasteiger partial charge in [0, 0.05) is 17.6 Å². The minimum atomic E-state index is -0.959. The predicted octanol–water partition coefficient (Wildman–Crippen LogP) is 4.80. The molecule has 4 unspecified atom stereocenters. The summed E-state index contributed by atoms with van der Waals surface area (Å²) in [6.07, 6.45) is 6.35. The maximum absolute atomic E-state index is 14.2. The van der Waals surface area contributed by atoms with Gasteiger partial charge in [-0.05, 0) is 65.5 Å². The highest BCUT2D eigenvalue weighted by atomic mass is 16.6. The third-order valence-electron chi connectivity index (χ3n) is 5.84. The van der Waals surface area contributed by atoms with E-state index in [4.69, 9.17) is 11.2 Å². The lowest BCUT2D eigenvalue weighted by molar-refractivity contribution is -0.146. The maximum Gasteiger partial charge on any atom is 0.408 e. The molecule has 1 rings (SSSR count). The van der Waals surface area contributed by atoms with Gasteiger partial charge in [-0.25, -0.2) is 4.79 Å². The Hall–Kier alpha value is -3.01. The number of benzene rings is 1. The number of terminal acetylenes is 1. The van der Waals surface area contributed by atoms with Crippen LogP contribution in [0.4, 0.5) is 4.79 Å². The molecule has 2 N–H and O–H groups in total. The predicted molar refractivity (Wildman–Crippen MR) is 140 cm³/mol. The maximum atomic E-state index is 14.2. The zero-order valence-electron chi connectivity index (χ0n) is 22.8. The van der Waals surface area contributed by atoms with Crippen molar-refractivity contribution in [3.05, 3.63) is 35.4 Å². The fourth-order valence-electron chi connectivity index (χ4n) is 3.72. The molecule has 194 valence electrons. The number of carbonyl (C=O) groups is 3. The van der Waals surface area contributed by atoms with Crippen LogP contribution in [0.3, 0.4) is 0 Å². The number of alkyl carbamates (subject to hydrolysis) is 1. The summed E-state index contributed by atoms with van der Waals surface area (Å²) in [6.45, 7) is 16.7. The molecule has 0 aliphatic carbocycles. The van der Waals surface area contributed by atoms with Gasteiger partial charge in [0.2, 0.25) is 11.8 Å². The van der Waals surface area contributed by atoms with Gasteiger partial charge in [0.05, 0.1) is 0 Å². The highest BCUT2D eigenvalue weighted by Crippen LogP contribution is 2.30. The van der Waals surface area contributed by atoms with E-state index in [2.05, 4.69) is 16.6 Å². The molecule has 0 fully saturated rings. The Morgan fingerprint density at radius 2 is 1.63 bits per heavy atom. The topological polar surface area (TPSA) is 87.7 Å². The van der Waals surface area contributed by atoms with E-state index in [0.717, 1.165) is 0 Å². The third kappa shape index (κ3) is 8.61. The number of amides is 3. The highest BCUT2D eigenvalue weighted by molar-refractivity contribution is 5.93. The molecule has 0 saturated carbocycles. The molecule has 0 saturated heterocycles. The molecule has 1 aromatic rings. The Morgan fingerprint density at radius 3 is 2.11 bits per heavy atom. The van der Waals surface area contributed by atoms with Crippen molar-refractivity contribution in [2.75, 3.05) is 0 Å². The molecule has 3 amide bonds. The van der Waals surface area contributed by atoms with Crippen molar-refractivity contribution in [2.45, 2.75) is 105 Å². The van der Waals surface area contributed by atoms with E-state index < -0.39 is 23.8 Å². The van der Waals surface area contributed by atoms with Gasteiger partial charge in [0.25, 0.3) is 0 Å². The van der Waals surface area contributed by atoms with E-state index >= 15 is 0 Å². The number of nitrogens with zero attached hydrogens (tertiary/aromatic N) is 1. The summed E-state index contributed by atoms with van der Waals surface area (Å²) < 4.78 is 5.43. The Morgan fingerprint density at radius 1 is 1.03 bits per heavy atom. The van der Waals surface area contributed by atoms with Crippen molar-refractivity contribution in [1.82, 2.24) is 15.5 Å². The Labute approximate surface area is 211 Å². The van der Waals surface area contributed by atoms with Crippen molar-refractivity contribution in [1.29, 1.82) is 0 Å². The fraction of sp³-hybridized carbons (Fsp3) is 0.607. The molecule has 35 heavy (non-hydrogen) atoms. The molecule has 0 spiro atoms. The number of hydrogen-bond acceptors (Lipinski definition) is 4. The van der Waals surface area contributed by atoms with Crippen LogP contribution in [0, 0.1) is 18.3 Å². The Balaban J connectivity index is 3.65. The molecule has 4 atom stereocenters. The molecular formula is C28H43N3O4. The second-order valence-corrected chi connectivity index (χ2v) is 10.3. The first-order valence-electron chi connectivity index (χ1n) is 12.4. The van der Waals surface area contributed by atoms with Crippen molar-refractivity contribution in [3.63, 3.8) is 0 Å². The lowest BCUT2D eigenvalue weighted by Crippen LogP contribution is -2.57. The van der Waals surface area contributed by atoms with Gasteiger partial charge in [-0.2, -0.15) is 0 Å². The van der Waals surface area contributed by atoms with Crippen LogP contribution in [-0.2, 0) is 14.3 Å². The molecule has 0 heterocycles. The van der Waals surface area contributed by atoms with E-state index in [9.17, 15) is 14.4 Å². The van der Waals surface area contributed by atoms with Crippen LogP contribution < -0.4 is 10.6 Å². The molecule has 0 aliphatic heterocycles. The second kappa shape index (κ2) is 13.2. The van der Waals surface area contributed by atoms with Crippen LogP contribution in [0.15, 0.2) is 24.3 Å². The zero-order chi connectivity index (χ0) is 26.9. The summed E-state index contributed by atoms with van der Waals surface area (Å²) in [6, 6.07) is 4.87. The van der Waals surface area contributed by atoms with Crippen LogP contribution in [0.5, 0.6) is 0 Å². The molecule has 0 bridgehead atoms. The van der Waals surface area contributed by atoms with Gasteiger partial charge in [-0.1, -0.05) is 51.3 Å². The molecule has 1 aromatic carbocycles. The summed E-state index contributed by atoms with van der Waals surface area (Å²) in [5.74, 6) is 1.78. The first-order valence-corrected chi connectivity index (χ1v) is 12.4. The van der Waals surface area contributed by atoms with Gasteiger partial charge in [-0.15, -0.1) is 6.42 Å². The molecule has 0 aliphatic rings. The smallest absolute Gasteiger partial charge is 0.408 e. The summed E-state index contributed by atoms with van der Waals surface area (Å²) in [5.41, 5.74) is 0.397. The number of nitrogens with one attached hydrogen (secondary N) is 2. The summed E-state index contributed by atoms with van der Waals surface area (Å²) in [4.78, 5) is 42.0. The zero-order valence-corrected chi connectivity index (χ0v) is 22.8. The van der Waals surface area contributed by atoms with Crippen LogP contribution in [0.2, 0.25) is 0 Å². The van der Waals surface area contributed by atoms with Crippen LogP contribution in [0.1, 0.15) is 92.3 Å². The quantitative estimate of drug-likeness (QED) is 0.466. The van der Waals surface area contributed by atoms with E-state index in [0.29, 0.717) is 24.0 Å². The summed E-state index contributed by atoms with van der Waals surface area (Å²) in [5, 5.41) is 5.72. The van der Waals surface area contributed by atoms with E-state index in [-0.39, 0.29) is 29.8 Å². The molecule has 7 nitrogen and oxygen atoms in total. The molecule has 7 heteroatoms. The van der Waals surface area contributed by atoms with Crippen molar-refractivity contribution in [3.8, 4) is 12.3 Å². The van der Waals surface area contributed by atoms with Gasteiger partial charge < -0.3 is 20.3 Å². The summed E-state index contributed by atoms with van der Waals surface area (Å²) in [7, 11) is 0. The van der Waals surface area contributed by atoms with Gasteiger partial charge in [0.15, 0.2) is 0 Å². The van der Waals surface area contributed by atoms with Gasteiger partial charge in [-0.3, -0.25) is 9.59 Å². The average Bonchev–Trinajstić information content (AvgIpc) is 2.77. The number of carbonyl (C=O) groups excluding carboxylic acids is 3. The first-order chi connectivity index (χ1) is 16.3. The molecular weight excluding hydrogens is 442 g/mol. The van der Waals surface area contributed by atoms with Gasteiger partial charge in [0.1, 0.15) is 17.7 Å². The minimum Gasteiger partial charge on any atom is -0.444 e. The van der Waals surface area contributed by atoms with Crippen molar-refractivity contribution < 1.29 is 19.1 Å². The number of ether oxygens (including phenoxy) is 1. The number of hydrogen-bond donors (Lipinski definition) is 2. The van der Waals surface area contributed by atoms with Crippen molar-refractivity contribution in [2.24, 2.45) is 5.92 Å². The lowest BCUT2D eigenvalue weighted by Gasteiger charge is -2.40. The van der Waals surface area contributed by atoms with Crippen molar-refractivity contribution >= 4 is 17.9 Å². The van der Waals surface area contributed by atoms with Crippen LogP contribution >= 0.6 is 0 Å². The first kappa shape index (κ1) is 30.0. The number of rotatable bonds is 10. The molecule has 0 radical (unpaired) electrons. The summed E-state index contributed by atoms with van der Waals surface area (Å²) >= 11 is 0. The standard InChI is InChI=1S/C28H43N3O4/c1-11-19(6)23(30-27(34)35-28(8,9)10)26(33)31(20(7)12-2)24(25(32)29-18(4)5)22-17-15-14-16-21(22)13-3/h3,14-20,23-24H,11-12H2,1-2,4-10H3,(H,29,32)(H,30,34). The largest absolute Gasteiger partial charge is 0.444 e. The third-order valence-corrected chi connectivity index (χ3v) is 5.84.